The molecular formula is C13H21FN2O3S. The van der Waals surface area contributed by atoms with Crippen LogP contribution in [0.25, 0.3) is 0 Å². The molecule has 5 nitrogen and oxygen atoms in total. The molecule has 0 amide bonds. The number of hydrogen-bond acceptors (Lipinski definition) is 4. The third kappa shape index (κ3) is 4.73. The number of anilines is 1. The van der Waals surface area contributed by atoms with E-state index in [-0.39, 0.29) is 17.6 Å². The average molecular weight is 304 g/mol. The van der Waals surface area contributed by atoms with Gasteiger partial charge in [0.05, 0.1) is 0 Å². The topological polar surface area (TPSA) is 81.4 Å². The highest BCUT2D eigenvalue weighted by Gasteiger charge is 2.24. The van der Waals surface area contributed by atoms with Crippen molar-refractivity contribution in [2.45, 2.75) is 25.2 Å². The van der Waals surface area contributed by atoms with Gasteiger partial charge in [0.25, 0.3) is 0 Å². The molecule has 0 aliphatic carbocycles. The molecule has 0 spiro atoms. The largest absolute Gasteiger partial charge is 0.399 e. The Hall–Kier alpha value is -1.18. The number of ether oxygens (including phenoxy) is 1. The standard InChI is InChI=1S/C13H21FN2O3S/c1-13(2,6-7-19-3)9-16-20(17,18)12-8-10(15)4-5-11(12)14/h4-5,8,16H,6-7,9,15H2,1-3H3. The molecule has 0 unspecified atom stereocenters. The lowest BCUT2D eigenvalue weighted by molar-refractivity contribution is 0.153. The maximum absolute atomic E-state index is 13.6. The zero-order valence-electron chi connectivity index (χ0n) is 11.9. The molecule has 0 saturated carbocycles. The quantitative estimate of drug-likeness (QED) is 0.752. The van der Waals surface area contributed by atoms with Gasteiger partial charge in [0.15, 0.2) is 0 Å². The second-order valence-electron chi connectivity index (χ2n) is 5.42. The molecule has 1 aromatic rings. The van der Waals surface area contributed by atoms with Crippen LogP contribution in [0.15, 0.2) is 23.1 Å². The van der Waals surface area contributed by atoms with Crippen LogP contribution in [-0.4, -0.2) is 28.7 Å². The number of nitrogens with two attached hydrogens (primary N) is 1. The highest BCUT2D eigenvalue weighted by molar-refractivity contribution is 7.89. The van der Waals surface area contributed by atoms with Crippen molar-refractivity contribution in [2.24, 2.45) is 5.41 Å². The van der Waals surface area contributed by atoms with Gasteiger partial charge in [0.2, 0.25) is 10.0 Å². The van der Waals surface area contributed by atoms with E-state index in [1.165, 1.54) is 6.07 Å². The normalized spacial score (nSPS) is 12.6. The second kappa shape index (κ2) is 6.51. The van der Waals surface area contributed by atoms with E-state index in [2.05, 4.69) is 4.72 Å². The van der Waals surface area contributed by atoms with Gasteiger partial charge in [-0.2, -0.15) is 0 Å². The predicted octanol–water partition coefficient (Wildman–Crippen LogP) is 1.75. The molecule has 114 valence electrons. The Labute approximate surface area is 119 Å². The van der Waals surface area contributed by atoms with E-state index in [1.54, 1.807) is 7.11 Å². The molecule has 3 N–H and O–H groups in total. The number of hydrogen-bond donors (Lipinski definition) is 2. The van der Waals surface area contributed by atoms with Crippen molar-refractivity contribution in [3.05, 3.63) is 24.0 Å². The Bertz CT molecular complexity index is 559. The highest BCUT2D eigenvalue weighted by atomic mass is 32.2. The molecule has 0 atom stereocenters. The van der Waals surface area contributed by atoms with Gasteiger partial charge in [-0.15, -0.1) is 0 Å². The van der Waals surface area contributed by atoms with Crippen molar-refractivity contribution in [3.63, 3.8) is 0 Å². The molecule has 7 heteroatoms. The summed E-state index contributed by atoms with van der Waals surface area (Å²) < 4.78 is 45.2. The summed E-state index contributed by atoms with van der Waals surface area (Å²) in [7, 11) is -2.33. The fourth-order valence-electron chi connectivity index (χ4n) is 1.56. The minimum Gasteiger partial charge on any atom is -0.399 e. The zero-order chi connectivity index (χ0) is 15.4. The molecule has 0 aliphatic rings. The van der Waals surface area contributed by atoms with E-state index >= 15 is 0 Å². The molecule has 20 heavy (non-hydrogen) atoms. The van der Waals surface area contributed by atoms with Gasteiger partial charge in [-0.25, -0.2) is 17.5 Å². The van der Waals surface area contributed by atoms with E-state index in [9.17, 15) is 12.8 Å². The van der Waals surface area contributed by atoms with Crippen molar-refractivity contribution in [1.29, 1.82) is 0 Å². The van der Waals surface area contributed by atoms with Crippen LogP contribution in [-0.2, 0) is 14.8 Å². The molecule has 0 aromatic heterocycles. The fraction of sp³-hybridized carbons (Fsp3) is 0.538. The monoisotopic (exact) mass is 304 g/mol. The van der Waals surface area contributed by atoms with Crippen LogP contribution >= 0.6 is 0 Å². The van der Waals surface area contributed by atoms with Crippen molar-refractivity contribution in [1.82, 2.24) is 4.72 Å². The lowest BCUT2D eigenvalue weighted by atomic mass is 9.90. The lowest BCUT2D eigenvalue weighted by Crippen LogP contribution is -2.35. The van der Waals surface area contributed by atoms with Crippen LogP contribution in [0.5, 0.6) is 0 Å². The number of rotatable bonds is 7. The summed E-state index contributed by atoms with van der Waals surface area (Å²) in [6.07, 6.45) is 0.686. The van der Waals surface area contributed by atoms with Crippen molar-refractivity contribution in [2.75, 3.05) is 26.0 Å². The molecule has 0 aliphatic heterocycles. The summed E-state index contributed by atoms with van der Waals surface area (Å²) in [5.74, 6) is -0.818. The third-order valence-corrected chi connectivity index (χ3v) is 4.38. The molecular weight excluding hydrogens is 283 g/mol. The highest BCUT2D eigenvalue weighted by Crippen LogP contribution is 2.22. The van der Waals surface area contributed by atoms with Crippen molar-refractivity contribution < 1.29 is 17.5 Å². The molecule has 0 saturated heterocycles. The van der Waals surface area contributed by atoms with Crippen molar-refractivity contribution in [3.8, 4) is 0 Å². The van der Waals surface area contributed by atoms with Crippen LogP contribution in [0.2, 0.25) is 0 Å². The molecule has 1 aromatic carbocycles. The van der Waals surface area contributed by atoms with E-state index in [0.29, 0.717) is 13.0 Å². The average Bonchev–Trinajstić information content (AvgIpc) is 2.37. The maximum Gasteiger partial charge on any atom is 0.243 e. The van der Waals surface area contributed by atoms with Gasteiger partial charge in [0, 0.05) is 25.9 Å². The summed E-state index contributed by atoms with van der Waals surface area (Å²) in [5.41, 5.74) is 5.40. The Balaban J connectivity index is 2.83. The first kappa shape index (κ1) is 16.9. The molecule has 0 radical (unpaired) electrons. The first-order valence-electron chi connectivity index (χ1n) is 6.21. The molecule has 0 fully saturated rings. The summed E-state index contributed by atoms with van der Waals surface area (Å²) in [4.78, 5) is -0.431. The Morgan fingerprint density at radius 3 is 2.65 bits per heavy atom. The first-order valence-corrected chi connectivity index (χ1v) is 7.70. The van der Waals surface area contributed by atoms with Crippen LogP contribution in [0, 0.1) is 11.2 Å². The summed E-state index contributed by atoms with van der Waals surface area (Å²) in [6.45, 7) is 4.53. The third-order valence-electron chi connectivity index (χ3n) is 2.97. The Kier molecular flexibility index (Phi) is 5.50. The van der Waals surface area contributed by atoms with Crippen LogP contribution in [0.3, 0.4) is 0 Å². The Morgan fingerprint density at radius 1 is 1.40 bits per heavy atom. The van der Waals surface area contributed by atoms with Gasteiger partial charge >= 0.3 is 0 Å². The predicted molar refractivity (Wildman–Crippen MR) is 76.3 cm³/mol. The fourth-order valence-corrected chi connectivity index (χ4v) is 2.91. The van der Waals surface area contributed by atoms with Gasteiger partial charge in [-0.3, -0.25) is 0 Å². The number of halogens is 1. The first-order chi connectivity index (χ1) is 9.18. The summed E-state index contributed by atoms with van der Waals surface area (Å²) >= 11 is 0. The number of benzene rings is 1. The smallest absolute Gasteiger partial charge is 0.243 e. The zero-order valence-corrected chi connectivity index (χ0v) is 12.8. The van der Waals surface area contributed by atoms with E-state index in [0.717, 1.165) is 12.1 Å². The maximum atomic E-state index is 13.6. The van der Waals surface area contributed by atoms with E-state index < -0.39 is 20.7 Å². The van der Waals surface area contributed by atoms with Gasteiger partial charge in [-0.05, 0) is 30.0 Å². The summed E-state index contributed by atoms with van der Waals surface area (Å²) in [6, 6.07) is 3.47. The van der Waals surface area contributed by atoms with Gasteiger partial charge in [-0.1, -0.05) is 13.8 Å². The Morgan fingerprint density at radius 2 is 2.05 bits per heavy atom. The van der Waals surface area contributed by atoms with Crippen LogP contribution < -0.4 is 10.5 Å². The number of methoxy groups -OCH3 is 1. The van der Waals surface area contributed by atoms with Gasteiger partial charge in [0.1, 0.15) is 10.7 Å². The van der Waals surface area contributed by atoms with Crippen LogP contribution in [0.4, 0.5) is 10.1 Å². The SMILES string of the molecule is COCCC(C)(C)CNS(=O)(=O)c1cc(N)ccc1F. The number of nitrogens with one attached hydrogen (secondary N) is 1. The van der Waals surface area contributed by atoms with Crippen molar-refractivity contribution >= 4 is 15.7 Å². The molecule has 0 heterocycles. The minimum atomic E-state index is -3.92. The molecule has 1 rings (SSSR count). The van der Waals surface area contributed by atoms with E-state index in [4.69, 9.17) is 10.5 Å². The second-order valence-corrected chi connectivity index (χ2v) is 7.16. The number of sulfonamides is 1. The van der Waals surface area contributed by atoms with E-state index in [1.807, 2.05) is 13.8 Å². The summed E-state index contributed by atoms with van der Waals surface area (Å²) in [5, 5.41) is 0. The lowest BCUT2D eigenvalue weighted by Gasteiger charge is -2.24. The minimum absolute atomic E-state index is 0.187. The molecule has 0 bridgehead atoms. The van der Waals surface area contributed by atoms with Gasteiger partial charge < -0.3 is 10.5 Å². The number of nitrogen functional groups attached to an aromatic ring is 1. The van der Waals surface area contributed by atoms with Crippen LogP contribution in [0.1, 0.15) is 20.3 Å².